The Morgan fingerprint density at radius 2 is 2.20 bits per heavy atom. The lowest BCUT2D eigenvalue weighted by Gasteiger charge is -1.96. The van der Waals surface area contributed by atoms with E-state index in [0.29, 0.717) is 11.6 Å². The van der Waals surface area contributed by atoms with Crippen LogP contribution in [0.15, 0.2) is 4.34 Å². The van der Waals surface area contributed by atoms with Crippen LogP contribution in [-0.2, 0) is 4.79 Å². The van der Waals surface area contributed by atoms with E-state index in [0.717, 1.165) is 22.9 Å². The number of thioether (sulfide) groups is 1. The van der Waals surface area contributed by atoms with Gasteiger partial charge in [0.1, 0.15) is 0 Å². The van der Waals surface area contributed by atoms with Gasteiger partial charge in [0.25, 0.3) is 0 Å². The van der Waals surface area contributed by atoms with E-state index in [-0.39, 0.29) is 5.91 Å². The summed E-state index contributed by atoms with van der Waals surface area (Å²) in [4.78, 5) is 11.3. The Morgan fingerprint density at radius 3 is 2.87 bits per heavy atom. The number of carbonyl (C=O) groups excluding carboxylic acids is 1. The molecule has 0 aliphatic carbocycles. The number of carbonyl (C=O) groups is 1. The summed E-state index contributed by atoms with van der Waals surface area (Å²) in [6.07, 6.45) is 2.50. The highest BCUT2D eigenvalue weighted by atomic mass is 32.2. The van der Waals surface area contributed by atoms with Crippen LogP contribution in [0.2, 0.25) is 0 Å². The number of hydrogen-bond acceptors (Lipinski definition) is 5. The summed E-state index contributed by atoms with van der Waals surface area (Å²) in [5.41, 5.74) is 0. The van der Waals surface area contributed by atoms with Crippen molar-refractivity contribution in [3.63, 3.8) is 0 Å². The van der Waals surface area contributed by atoms with Crippen molar-refractivity contribution in [1.29, 1.82) is 0 Å². The van der Waals surface area contributed by atoms with Gasteiger partial charge in [-0.2, -0.15) is 0 Å². The van der Waals surface area contributed by atoms with E-state index in [1.54, 1.807) is 11.8 Å². The van der Waals surface area contributed by atoms with Crippen molar-refractivity contribution < 1.29 is 4.79 Å². The highest BCUT2D eigenvalue weighted by Gasteiger charge is 2.07. The SMILES string of the molecule is CCCSc1nnc(NC(=O)CCC)s1. The van der Waals surface area contributed by atoms with Gasteiger partial charge < -0.3 is 5.32 Å². The summed E-state index contributed by atoms with van der Waals surface area (Å²) in [5.74, 6) is 1.05. The van der Waals surface area contributed by atoms with Crippen molar-refractivity contribution in [1.82, 2.24) is 10.2 Å². The molecule has 0 atom stereocenters. The molecule has 15 heavy (non-hydrogen) atoms. The Hall–Kier alpha value is -0.620. The average Bonchev–Trinajstić information content (AvgIpc) is 2.63. The van der Waals surface area contributed by atoms with E-state index in [2.05, 4.69) is 22.4 Å². The second-order valence-corrected chi connectivity index (χ2v) is 5.34. The Labute approximate surface area is 97.9 Å². The van der Waals surface area contributed by atoms with Crippen molar-refractivity contribution in [3.8, 4) is 0 Å². The topological polar surface area (TPSA) is 54.9 Å². The first-order valence-electron chi connectivity index (χ1n) is 5.02. The van der Waals surface area contributed by atoms with Crippen molar-refractivity contribution >= 4 is 34.1 Å². The van der Waals surface area contributed by atoms with Gasteiger partial charge in [-0.05, 0) is 12.8 Å². The third-order valence-corrected chi connectivity index (χ3v) is 3.74. The van der Waals surface area contributed by atoms with Crippen LogP contribution >= 0.6 is 23.1 Å². The zero-order valence-corrected chi connectivity index (χ0v) is 10.6. The van der Waals surface area contributed by atoms with Gasteiger partial charge >= 0.3 is 0 Å². The molecule has 0 aliphatic rings. The number of hydrogen-bond donors (Lipinski definition) is 1. The summed E-state index contributed by atoms with van der Waals surface area (Å²) in [7, 11) is 0. The van der Waals surface area contributed by atoms with E-state index in [4.69, 9.17) is 0 Å². The molecule has 1 aromatic rings. The molecule has 4 nitrogen and oxygen atoms in total. The van der Waals surface area contributed by atoms with Crippen LogP contribution in [0.4, 0.5) is 5.13 Å². The van der Waals surface area contributed by atoms with Crippen molar-refractivity contribution in [2.45, 2.75) is 37.4 Å². The van der Waals surface area contributed by atoms with E-state index < -0.39 is 0 Å². The van der Waals surface area contributed by atoms with Crippen LogP contribution in [0.3, 0.4) is 0 Å². The maximum absolute atomic E-state index is 11.3. The summed E-state index contributed by atoms with van der Waals surface area (Å²) in [6.45, 7) is 4.10. The monoisotopic (exact) mass is 245 g/mol. The first kappa shape index (κ1) is 12.4. The zero-order valence-electron chi connectivity index (χ0n) is 8.95. The van der Waals surface area contributed by atoms with Crippen molar-refractivity contribution in [3.05, 3.63) is 0 Å². The maximum Gasteiger partial charge on any atom is 0.226 e. The number of amides is 1. The Balaban J connectivity index is 2.42. The summed E-state index contributed by atoms with van der Waals surface area (Å²) in [6, 6.07) is 0. The molecule has 0 radical (unpaired) electrons. The molecule has 1 aromatic heterocycles. The number of aromatic nitrogens is 2. The van der Waals surface area contributed by atoms with Crippen LogP contribution in [-0.4, -0.2) is 21.9 Å². The molecule has 0 fully saturated rings. The first-order chi connectivity index (χ1) is 7.26. The van der Waals surface area contributed by atoms with Crippen LogP contribution in [0.5, 0.6) is 0 Å². The largest absolute Gasteiger partial charge is 0.301 e. The van der Waals surface area contributed by atoms with Crippen molar-refractivity contribution in [2.75, 3.05) is 11.1 Å². The molecular formula is C9H15N3OS2. The van der Waals surface area contributed by atoms with Crippen LogP contribution < -0.4 is 5.32 Å². The molecule has 1 amide bonds. The minimum absolute atomic E-state index is 0.0145. The fourth-order valence-corrected chi connectivity index (χ4v) is 2.61. The standard InChI is InChI=1S/C9H15N3OS2/c1-3-5-7(13)10-8-11-12-9(15-8)14-6-4-2/h3-6H2,1-2H3,(H,10,11,13). The minimum Gasteiger partial charge on any atom is -0.301 e. The summed E-state index contributed by atoms with van der Waals surface area (Å²) < 4.78 is 0.920. The van der Waals surface area contributed by atoms with Gasteiger partial charge in [-0.15, -0.1) is 10.2 Å². The van der Waals surface area contributed by atoms with Gasteiger partial charge in [0.05, 0.1) is 0 Å². The molecule has 0 aromatic carbocycles. The van der Waals surface area contributed by atoms with E-state index in [1.165, 1.54) is 11.3 Å². The molecule has 1 rings (SSSR count). The van der Waals surface area contributed by atoms with Gasteiger partial charge in [-0.25, -0.2) is 0 Å². The van der Waals surface area contributed by atoms with E-state index >= 15 is 0 Å². The molecule has 0 spiro atoms. The fourth-order valence-electron chi connectivity index (χ4n) is 0.917. The Kier molecular flexibility index (Phi) is 5.63. The van der Waals surface area contributed by atoms with Gasteiger partial charge in [-0.1, -0.05) is 36.9 Å². The van der Waals surface area contributed by atoms with Gasteiger partial charge in [-0.3, -0.25) is 4.79 Å². The molecule has 0 saturated heterocycles. The average molecular weight is 245 g/mol. The highest BCUT2D eigenvalue weighted by molar-refractivity contribution is 8.01. The van der Waals surface area contributed by atoms with Crippen LogP contribution in [0.1, 0.15) is 33.1 Å². The van der Waals surface area contributed by atoms with Gasteiger partial charge in [0.2, 0.25) is 11.0 Å². The van der Waals surface area contributed by atoms with Crippen molar-refractivity contribution in [2.24, 2.45) is 0 Å². The van der Waals surface area contributed by atoms with Gasteiger partial charge in [0.15, 0.2) is 4.34 Å². The highest BCUT2D eigenvalue weighted by Crippen LogP contribution is 2.25. The lowest BCUT2D eigenvalue weighted by atomic mass is 10.3. The third-order valence-electron chi connectivity index (χ3n) is 1.56. The summed E-state index contributed by atoms with van der Waals surface area (Å²) >= 11 is 3.11. The minimum atomic E-state index is 0.0145. The predicted octanol–water partition coefficient (Wildman–Crippen LogP) is 2.78. The second kappa shape index (κ2) is 6.79. The smallest absolute Gasteiger partial charge is 0.226 e. The quantitative estimate of drug-likeness (QED) is 0.618. The Bertz CT molecular complexity index is 314. The third kappa shape index (κ3) is 4.61. The molecule has 0 saturated carbocycles. The number of nitrogens with one attached hydrogen (secondary N) is 1. The van der Waals surface area contributed by atoms with E-state index in [9.17, 15) is 4.79 Å². The lowest BCUT2D eigenvalue weighted by Crippen LogP contribution is -2.10. The molecular weight excluding hydrogens is 230 g/mol. The number of anilines is 1. The Morgan fingerprint density at radius 1 is 1.40 bits per heavy atom. The van der Waals surface area contributed by atoms with E-state index in [1.807, 2.05) is 6.92 Å². The zero-order chi connectivity index (χ0) is 11.1. The van der Waals surface area contributed by atoms with Crippen LogP contribution in [0.25, 0.3) is 0 Å². The molecule has 0 bridgehead atoms. The predicted molar refractivity (Wildman–Crippen MR) is 64.5 cm³/mol. The molecule has 1 heterocycles. The first-order valence-corrected chi connectivity index (χ1v) is 6.82. The number of nitrogens with zero attached hydrogens (tertiary/aromatic N) is 2. The summed E-state index contributed by atoms with van der Waals surface area (Å²) in [5, 5.41) is 11.2. The molecule has 84 valence electrons. The molecule has 1 N–H and O–H groups in total. The lowest BCUT2D eigenvalue weighted by molar-refractivity contribution is -0.116. The molecule has 0 aliphatic heterocycles. The maximum atomic E-state index is 11.3. The fraction of sp³-hybridized carbons (Fsp3) is 0.667. The normalized spacial score (nSPS) is 10.3. The molecule has 0 unspecified atom stereocenters. The van der Waals surface area contributed by atoms with Crippen LogP contribution in [0, 0.1) is 0 Å². The molecule has 6 heteroatoms. The number of rotatable bonds is 6. The second-order valence-electron chi connectivity index (χ2n) is 3.02. The van der Waals surface area contributed by atoms with Gasteiger partial charge in [0, 0.05) is 12.2 Å².